The molecule has 0 unspecified atom stereocenters. The minimum absolute atomic E-state index is 0.208. The van der Waals surface area contributed by atoms with Gasteiger partial charge in [-0.2, -0.15) is 0 Å². The number of furan rings is 1. The van der Waals surface area contributed by atoms with Crippen LogP contribution in [0.5, 0.6) is 11.5 Å². The van der Waals surface area contributed by atoms with Crippen LogP contribution in [-0.2, 0) is 0 Å². The highest BCUT2D eigenvalue weighted by Gasteiger charge is 2.20. The predicted molar refractivity (Wildman–Crippen MR) is 96.4 cm³/mol. The van der Waals surface area contributed by atoms with Crippen molar-refractivity contribution in [1.82, 2.24) is 5.32 Å². The van der Waals surface area contributed by atoms with Gasteiger partial charge in [0.2, 0.25) is 0 Å². The molecule has 1 heterocycles. The van der Waals surface area contributed by atoms with Crippen LogP contribution in [0.15, 0.2) is 46.9 Å². The Balaban J connectivity index is 1.83. The Kier molecular flexibility index (Phi) is 4.65. The summed E-state index contributed by atoms with van der Waals surface area (Å²) in [6, 6.07) is 13.0. The van der Waals surface area contributed by atoms with Crippen LogP contribution < -0.4 is 14.8 Å². The third kappa shape index (κ3) is 3.18. The fourth-order valence-electron chi connectivity index (χ4n) is 2.86. The fraction of sp³-hybridized carbons (Fsp3) is 0.250. The van der Waals surface area contributed by atoms with Gasteiger partial charge in [-0.05, 0) is 37.6 Å². The van der Waals surface area contributed by atoms with Gasteiger partial charge in [0.25, 0.3) is 5.91 Å². The Bertz CT molecular complexity index is 913. The molecule has 1 N–H and O–H groups in total. The molecule has 0 aliphatic heterocycles. The lowest BCUT2D eigenvalue weighted by Crippen LogP contribution is -2.26. The molecule has 0 fully saturated rings. The first-order chi connectivity index (χ1) is 12.0. The van der Waals surface area contributed by atoms with Crippen LogP contribution in [0, 0.1) is 6.92 Å². The minimum atomic E-state index is -0.240. The lowest BCUT2D eigenvalue weighted by atomic mass is 10.1. The maximum absolute atomic E-state index is 12.6. The van der Waals surface area contributed by atoms with Crippen LogP contribution >= 0.6 is 0 Å². The molecule has 0 spiro atoms. The lowest BCUT2D eigenvalue weighted by Gasteiger charge is -2.16. The molecule has 3 aromatic rings. The Morgan fingerprint density at radius 1 is 1.08 bits per heavy atom. The zero-order valence-electron chi connectivity index (χ0n) is 14.8. The quantitative estimate of drug-likeness (QED) is 0.755. The van der Waals surface area contributed by atoms with Crippen LogP contribution in [0.1, 0.15) is 34.6 Å². The highest BCUT2D eigenvalue weighted by atomic mass is 16.5. The van der Waals surface area contributed by atoms with Crippen LogP contribution in [0.4, 0.5) is 0 Å². The van der Waals surface area contributed by atoms with Crippen LogP contribution in [0.3, 0.4) is 0 Å². The highest BCUT2D eigenvalue weighted by Crippen LogP contribution is 2.30. The minimum Gasteiger partial charge on any atom is -0.493 e. The van der Waals surface area contributed by atoms with Crippen molar-refractivity contribution in [2.45, 2.75) is 19.9 Å². The third-order valence-corrected chi connectivity index (χ3v) is 4.31. The first kappa shape index (κ1) is 16.9. The average molecular weight is 339 g/mol. The number of fused-ring (bicyclic) bond motifs is 1. The van der Waals surface area contributed by atoms with Crippen molar-refractivity contribution < 1.29 is 18.7 Å². The molecule has 0 radical (unpaired) electrons. The van der Waals surface area contributed by atoms with E-state index in [0.717, 1.165) is 16.5 Å². The summed E-state index contributed by atoms with van der Waals surface area (Å²) >= 11 is 0. The molecule has 5 heteroatoms. The van der Waals surface area contributed by atoms with Gasteiger partial charge in [0.1, 0.15) is 5.58 Å². The number of hydrogen-bond donors (Lipinski definition) is 1. The second kappa shape index (κ2) is 6.89. The maximum atomic E-state index is 12.6. The van der Waals surface area contributed by atoms with Crippen molar-refractivity contribution in [3.8, 4) is 11.5 Å². The SMILES string of the molecule is COc1ccc([C@@H](C)NC(=O)c2oc3ccccc3c2C)cc1OC. The van der Waals surface area contributed by atoms with E-state index < -0.39 is 0 Å². The number of amides is 1. The first-order valence-corrected chi connectivity index (χ1v) is 8.06. The van der Waals surface area contributed by atoms with Crippen molar-refractivity contribution in [1.29, 1.82) is 0 Å². The monoisotopic (exact) mass is 339 g/mol. The molecule has 25 heavy (non-hydrogen) atoms. The van der Waals surface area contributed by atoms with Crippen molar-refractivity contribution in [3.63, 3.8) is 0 Å². The summed E-state index contributed by atoms with van der Waals surface area (Å²) in [4.78, 5) is 12.6. The first-order valence-electron chi connectivity index (χ1n) is 8.06. The summed E-state index contributed by atoms with van der Waals surface area (Å²) in [5.41, 5.74) is 2.47. The number of carbonyl (C=O) groups excluding carboxylic acids is 1. The second-order valence-electron chi connectivity index (χ2n) is 5.86. The molecule has 1 amide bonds. The van der Waals surface area contributed by atoms with E-state index in [-0.39, 0.29) is 11.9 Å². The summed E-state index contributed by atoms with van der Waals surface area (Å²) in [6.07, 6.45) is 0. The number of nitrogens with one attached hydrogen (secondary N) is 1. The molecule has 5 nitrogen and oxygen atoms in total. The van der Waals surface area contributed by atoms with Gasteiger partial charge in [0.15, 0.2) is 17.3 Å². The van der Waals surface area contributed by atoms with Gasteiger partial charge >= 0.3 is 0 Å². The molecular weight excluding hydrogens is 318 g/mol. The smallest absolute Gasteiger partial charge is 0.287 e. The number of ether oxygens (including phenoxy) is 2. The Hall–Kier alpha value is -2.95. The molecule has 130 valence electrons. The second-order valence-corrected chi connectivity index (χ2v) is 5.86. The average Bonchev–Trinajstić information content (AvgIpc) is 2.98. The zero-order chi connectivity index (χ0) is 18.0. The van der Waals surface area contributed by atoms with Gasteiger partial charge in [-0.25, -0.2) is 0 Å². The van der Waals surface area contributed by atoms with E-state index in [1.54, 1.807) is 14.2 Å². The predicted octanol–water partition coefficient (Wildman–Crippen LogP) is 4.25. The molecule has 3 rings (SSSR count). The topological polar surface area (TPSA) is 60.7 Å². The standard InChI is InChI=1S/C20H21NO4/c1-12-15-7-5-6-8-16(15)25-19(12)20(22)21-13(2)14-9-10-17(23-3)18(11-14)24-4/h5-11,13H,1-4H3,(H,21,22)/t13-/m1/s1. The van der Waals surface area contributed by atoms with Crippen LogP contribution in [0.25, 0.3) is 11.0 Å². The molecule has 2 aromatic carbocycles. The summed E-state index contributed by atoms with van der Waals surface area (Å²) < 4.78 is 16.3. The largest absolute Gasteiger partial charge is 0.493 e. The third-order valence-electron chi connectivity index (χ3n) is 4.31. The number of hydrogen-bond acceptors (Lipinski definition) is 4. The summed E-state index contributed by atoms with van der Waals surface area (Å²) in [5.74, 6) is 1.38. The molecular formula is C20H21NO4. The van der Waals surface area contributed by atoms with E-state index in [2.05, 4.69) is 5.32 Å². The van der Waals surface area contributed by atoms with Gasteiger partial charge < -0.3 is 19.2 Å². The van der Waals surface area contributed by atoms with Crippen molar-refractivity contribution in [3.05, 3.63) is 59.4 Å². The van der Waals surface area contributed by atoms with Crippen molar-refractivity contribution in [2.24, 2.45) is 0 Å². The van der Waals surface area contributed by atoms with Gasteiger partial charge in [0, 0.05) is 10.9 Å². The van der Waals surface area contributed by atoms with E-state index >= 15 is 0 Å². The highest BCUT2D eigenvalue weighted by molar-refractivity contribution is 5.99. The van der Waals surface area contributed by atoms with E-state index in [1.165, 1.54) is 0 Å². The molecule has 1 atom stereocenters. The Labute approximate surface area is 146 Å². The number of methoxy groups -OCH3 is 2. The zero-order valence-corrected chi connectivity index (χ0v) is 14.8. The number of carbonyl (C=O) groups is 1. The van der Waals surface area contributed by atoms with Gasteiger partial charge in [-0.3, -0.25) is 4.79 Å². The molecule has 0 aliphatic rings. The van der Waals surface area contributed by atoms with E-state index in [0.29, 0.717) is 22.8 Å². The molecule has 1 aromatic heterocycles. The van der Waals surface area contributed by atoms with Crippen LogP contribution in [-0.4, -0.2) is 20.1 Å². The Morgan fingerprint density at radius 2 is 1.80 bits per heavy atom. The maximum Gasteiger partial charge on any atom is 0.287 e. The summed E-state index contributed by atoms with van der Waals surface area (Å²) in [7, 11) is 3.18. The van der Waals surface area contributed by atoms with E-state index in [9.17, 15) is 4.79 Å². The molecule has 0 bridgehead atoms. The van der Waals surface area contributed by atoms with Gasteiger partial charge in [0.05, 0.1) is 20.3 Å². The lowest BCUT2D eigenvalue weighted by molar-refractivity contribution is 0.0913. The Morgan fingerprint density at radius 3 is 2.48 bits per heavy atom. The van der Waals surface area contributed by atoms with Crippen LogP contribution in [0.2, 0.25) is 0 Å². The number of benzene rings is 2. The van der Waals surface area contributed by atoms with E-state index in [1.807, 2.05) is 56.3 Å². The van der Waals surface area contributed by atoms with Gasteiger partial charge in [-0.15, -0.1) is 0 Å². The summed E-state index contributed by atoms with van der Waals surface area (Å²) in [5, 5.41) is 3.92. The van der Waals surface area contributed by atoms with E-state index in [4.69, 9.17) is 13.9 Å². The number of para-hydroxylation sites is 1. The molecule has 0 aliphatic carbocycles. The number of aryl methyl sites for hydroxylation is 1. The fourth-order valence-corrected chi connectivity index (χ4v) is 2.86. The normalized spacial score (nSPS) is 12.0. The number of rotatable bonds is 5. The summed E-state index contributed by atoms with van der Waals surface area (Å²) in [6.45, 7) is 3.80. The molecule has 0 saturated carbocycles. The van der Waals surface area contributed by atoms with Gasteiger partial charge in [-0.1, -0.05) is 24.3 Å². The van der Waals surface area contributed by atoms with Crippen molar-refractivity contribution >= 4 is 16.9 Å². The van der Waals surface area contributed by atoms with Crippen molar-refractivity contribution in [2.75, 3.05) is 14.2 Å². The molecule has 0 saturated heterocycles.